The van der Waals surface area contributed by atoms with Crippen molar-refractivity contribution in [3.05, 3.63) is 82.4 Å². The minimum absolute atomic E-state index is 0.00709. The highest BCUT2D eigenvalue weighted by Gasteiger charge is 2.21. The maximum absolute atomic E-state index is 12.0. The van der Waals surface area contributed by atoms with Gasteiger partial charge in [0.2, 0.25) is 0 Å². The Labute approximate surface area is 204 Å². The second kappa shape index (κ2) is 9.48. The van der Waals surface area contributed by atoms with Crippen molar-refractivity contribution in [1.82, 2.24) is 0 Å². The minimum Gasteiger partial charge on any atom is -0.744 e. The normalized spacial score (nSPS) is 12.1. The number of nitro benzene ring substituents is 1. The van der Waals surface area contributed by atoms with Gasteiger partial charge < -0.3 is 15.4 Å². The number of fused-ring (bicyclic) bond motifs is 1. The van der Waals surface area contributed by atoms with Crippen molar-refractivity contribution in [2.45, 2.75) is 11.8 Å². The average molecular weight is 505 g/mol. The summed E-state index contributed by atoms with van der Waals surface area (Å²) >= 11 is 0. The summed E-state index contributed by atoms with van der Waals surface area (Å²) < 4.78 is 35.9. The Morgan fingerprint density at radius 3 is 2.06 bits per heavy atom. The van der Waals surface area contributed by atoms with Crippen LogP contribution >= 0.6 is 0 Å². The van der Waals surface area contributed by atoms with Gasteiger partial charge in [-0.2, -0.15) is 10.2 Å². The number of anilines is 1. The van der Waals surface area contributed by atoms with Crippen LogP contribution in [0.15, 0.2) is 92.1 Å². The van der Waals surface area contributed by atoms with E-state index in [0.29, 0.717) is 11.3 Å². The Hall–Kier alpha value is -4.75. The molecule has 0 bridgehead atoms. The number of nitrogens with zero attached hydrogens (tertiary/aromatic N) is 5. The predicted octanol–water partition coefficient (Wildman–Crippen LogP) is 6.08. The largest absolute Gasteiger partial charge is 0.744 e. The summed E-state index contributed by atoms with van der Waals surface area (Å²) in [5.74, 6) is -0.693. The van der Waals surface area contributed by atoms with Crippen LogP contribution in [-0.4, -0.2) is 23.0 Å². The molecule has 0 atom stereocenters. The summed E-state index contributed by atoms with van der Waals surface area (Å²) in [5, 5.41) is 37.9. The number of nitrogens with two attached hydrogens (primary N) is 1. The molecular formula is C23H17N6O6S-. The van der Waals surface area contributed by atoms with E-state index in [-0.39, 0.29) is 33.5 Å². The van der Waals surface area contributed by atoms with Gasteiger partial charge in [0.05, 0.1) is 32.3 Å². The highest BCUT2D eigenvalue weighted by Crippen LogP contribution is 2.47. The van der Waals surface area contributed by atoms with E-state index in [1.165, 1.54) is 30.3 Å². The molecule has 0 amide bonds. The molecule has 13 heteroatoms. The zero-order chi connectivity index (χ0) is 26.0. The van der Waals surface area contributed by atoms with Crippen molar-refractivity contribution >= 4 is 55.0 Å². The van der Waals surface area contributed by atoms with E-state index in [2.05, 4.69) is 20.5 Å². The van der Waals surface area contributed by atoms with E-state index >= 15 is 0 Å². The Kier molecular flexibility index (Phi) is 6.42. The molecule has 36 heavy (non-hydrogen) atoms. The summed E-state index contributed by atoms with van der Waals surface area (Å²) in [6, 6.07) is 16.3. The van der Waals surface area contributed by atoms with Gasteiger partial charge >= 0.3 is 0 Å². The number of phenols is 1. The van der Waals surface area contributed by atoms with Crippen molar-refractivity contribution in [2.24, 2.45) is 20.5 Å². The zero-order valence-corrected chi connectivity index (χ0v) is 19.4. The molecule has 0 saturated heterocycles. The lowest BCUT2D eigenvalue weighted by atomic mass is 10.0. The molecule has 0 fully saturated rings. The molecule has 0 aliphatic rings. The predicted molar refractivity (Wildman–Crippen MR) is 131 cm³/mol. The Balaban J connectivity index is 1.89. The number of phenolic OH excluding ortho intramolecular Hbond substituents is 1. The van der Waals surface area contributed by atoms with Crippen LogP contribution in [0.5, 0.6) is 5.75 Å². The van der Waals surface area contributed by atoms with E-state index in [1.54, 1.807) is 31.2 Å². The third-order valence-electron chi connectivity index (χ3n) is 5.16. The molecule has 0 radical (unpaired) electrons. The second-order valence-electron chi connectivity index (χ2n) is 7.59. The van der Waals surface area contributed by atoms with Crippen LogP contribution in [0.3, 0.4) is 0 Å². The summed E-state index contributed by atoms with van der Waals surface area (Å²) in [7, 11) is -5.09. The summed E-state index contributed by atoms with van der Waals surface area (Å²) in [6.45, 7) is 1.67. The number of benzene rings is 4. The van der Waals surface area contributed by atoms with Gasteiger partial charge in [-0.25, -0.2) is 8.42 Å². The van der Waals surface area contributed by atoms with Gasteiger partial charge in [0.1, 0.15) is 21.5 Å². The minimum atomic E-state index is -5.09. The van der Waals surface area contributed by atoms with E-state index in [9.17, 15) is 28.2 Å². The lowest BCUT2D eigenvalue weighted by Crippen LogP contribution is -2.01. The number of hydrogen-bond donors (Lipinski definition) is 2. The standard InChI is InChI=1S/C23H18N6O6S/c1-13-11-14-12-18(36(33,34)35)22(28-26-16-7-9-17(10-8-16)29(31)32)23(30)19(14)20(24)21(13)27-25-15-5-3-2-4-6-15/h2-12,30H,24H2,1H3,(H,33,34,35)/p-1. The summed E-state index contributed by atoms with van der Waals surface area (Å²) in [5.41, 5.74) is 6.89. The molecule has 0 aliphatic heterocycles. The van der Waals surface area contributed by atoms with Crippen molar-refractivity contribution < 1.29 is 23.0 Å². The van der Waals surface area contributed by atoms with Gasteiger partial charge in [-0.05, 0) is 54.3 Å². The molecule has 0 unspecified atom stereocenters. The molecule has 0 saturated carbocycles. The van der Waals surface area contributed by atoms with Gasteiger partial charge in [0, 0.05) is 12.1 Å². The smallest absolute Gasteiger partial charge is 0.269 e. The van der Waals surface area contributed by atoms with Gasteiger partial charge in [-0.3, -0.25) is 10.1 Å². The van der Waals surface area contributed by atoms with E-state index in [1.807, 2.05) is 6.07 Å². The van der Waals surface area contributed by atoms with Gasteiger partial charge in [0.25, 0.3) is 5.69 Å². The van der Waals surface area contributed by atoms with Gasteiger partial charge in [0.15, 0.2) is 5.75 Å². The maximum Gasteiger partial charge on any atom is 0.269 e. The van der Waals surface area contributed by atoms with Gasteiger partial charge in [-0.1, -0.05) is 18.2 Å². The third kappa shape index (κ3) is 4.87. The van der Waals surface area contributed by atoms with Crippen LogP contribution in [0, 0.1) is 17.0 Å². The second-order valence-corrected chi connectivity index (χ2v) is 8.94. The molecule has 3 N–H and O–H groups in total. The summed E-state index contributed by atoms with van der Waals surface area (Å²) in [4.78, 5) is 9.41. The van der Waals surface area contributed by atoms with Crippen molar-refractivity contribution in [2.75, 3.05) is 5.73 Å². The molecule has 0 spiro atoms. The maximum atomic E-state index is 12.0. The molecular weight excluding hydrogens is 488 g/mol. The highest BCUT2D eigenvalue weighted by atomic mass is 32.2. The molecule has 4 aromatic rings. The fourth-order valence-electron chi connectivity index (χ4n) is 3.45. The number of nitro groups is 1. The number of nitrogen functional groups attached to an aromatic ring is 1. The van der Waals surface area contributed by atoms with Crippen LogP contribution in [0.1, 0.15) is 5.56 Å². The fourth-order valence-corrected chi connectivity index (χ4v) is 4.10. The third-order valence-corrected chi connectivity index (χ3v) is 6.01. The zero-order valence-electron chi connectivity index (χ0n) is 18.6. The Morgan fingerprint density at radius 2 is 1.47 bits per heavy atom. The van der Waals surface area contributed by atoms with Crippen molar-refractivity contribution in [1.29, 1.82) is 0 Å². The molecule has 0 heterocycles. The number of rotatable bonds is 6. The van der Waals surface area contributed by atoms with Crippen LogP contribution in [0.25, 0.3) is 10.8 Å². The van der Waals surface area contributed by atoms with Crippen LogP contribution in [-0.2, 0) is 10.1 Å². The van der Waals surface area contributed by atoms with Crippen molar-refractivity contribution in [3.8, 4) is 5.75 Å². The van der Waals surface area contributed by atoms with E-state index in [4.69, 9.17) is 5.73 Å². The highest BCUT2D eigenvalue weighted by molar-refractivity contribution is 7.86. The Morgan fingerprint density at radius 1 is 0.889 bits per heavy atom. The van der Waals surface area contributed by atoms with Crippen LogP contribution < -0.4 is 5.73 Å². The molecule has 4 aromatic carbocycles. The van der Waals surface area contributed by atoms with E-state index in [0.717, 1.165) is 6.07 Å². The summed E-state index contributed by atoms with van der Waals surface area (Å²) in [6.07, 6.45) is 0. The number of azo groups is 2. The van der Waals surface area contributed by atoms with Crippen molar-refractivity contribution in [3.63, 3.8) is 0 Å². The number of non-ortho nitro benzene ring substituents is 1. The van der Waals surface area contributed by atoms with Crippen LogP contribution in [0.4, 0.5) is 34.1 Å². The number of hydrogen-bond acceptors (Lipinski definition) is 11. The number of aromatic hydroxyl groups is 1. The molecule has 4 rings (SSSR count). The topological polar surface area (TPSA) is 196 Å². The molecule has 0 aromatic heterocycles. The van der Waals surface area contributed by atoms with Crippen LogP contribution in [0.2, 0.25) is 0 Å². The SMILES string of the molecule is Cc1cc2cc(S(=O)(=O)[O-])c(N=Nc3ccc([N+](=O)[O-])cc3)c(O)c2c(N)c1N=Nc1ccccc1. The first kappa shape index (κ1) is 24.4. The monoisotopic (exact) mass is 505 g/mol. The first-order valence-electron chi connectivity index (χ1n) is 10.2. The van der Waals surface area contributed by atoms with E-state index < -0.39 is 31.4 Å². The molecule has 182 valence electrons. The Bertz CT molecular complexity index is 1650. The average Bonchev–Trinajstić information content (AvgIpc) is 2.83. The molecule has 12 nitrogen and oxygen atoms in total. The first-order valence-corrected chi connectivity index (χ1v) is 11.6. The molecule has 0 aliphatic carbocycles. The van der Waals surface area contributed by atoms with Gasteiger partial charge in [-0.15, -0.1) is 10.2 Å². The number of aryl methyl sites for hydroxylation is 1. The lowest BCUT2D eigenvalue weighted by molar-refractivity contribution is -0.384. The lowest BCUT2D eigenvalue weighted by Gasteiger charge is -2.16. The first-order chi connectivity index (χ1) is 17.1. The quantitative estimate of drug-likeness (QED) is 0.104. The fraction of sp³-hybridized carbons (Fsp3) is 0.0435.